The molecule has 18 heavy (non-hydrogen) atoms. The first kappa shape index (κ1) is 11.4. The summed E-state index contributed by atoms with van der Waals surface area (Å²) in [4.78, 5) is 11.5. The monoisotopic (exact) mass is 298 g/mol. The zero-order chi connectivity index (χ0) is 12.7. The van der Waals surface area contributed by atoms with Gasteiger partial charge in [-0.1, -0.05) is 52.3 Å². The van der Waals surface area contributed by atoms with Crippen molar-refractivity contribution in [3.8, 4) is 0 Å². The molecule has 0 aliphatic heterocycles. The van der Waals surface area contributed by atoms with Crippen LogP contribution in [-0.2, 0) is 0 Å². The van der Waals surface area contributed by atoms with E-state index in [1.165, 1.54) is 10.8 Å². The van der Waals surface area contributed by atoms with Crippen LogP contribution in [0.2, 0.25) is 0 Å². The minimum absolute atomic E-state index is 0.101. The van der Waals surface area contributed by atoms with Gasteiger partial charge in [-0.3, -0.25) is 4.79 Å². The Hall–Kier alpha value is -1.67. The molecule has 3 rings (SSSR count). The molecule has 0 bridgehead atoms. The predicted molar refractivity (Wildman–Crippen MR) is 79.2 cm³/mol. The third kappa shape index (κ3) is 1.73. The van der Waals surface area contributed by atoms with Gasteiger partial charge in [0.2, 0.25) is 0 Å². The summed E-state index contributed by atoms with van der Waals surface area (Å²) in [6, 6.07) is 16.2. The molecular formula is C16H11BrO. The van der Waals surface area contributed by atoms with E-state index in [9.17, 15) is 4.79 Å². The summed E-state index contributed by atoms with van der Waals surface area (Å²) in [5.74, 6) is 0.101. The van der Waals surface area contributed by atoms with Crippen molar-refractivity contribution in [2.45, 2.75) is 6.92 Å². The number of fused-ring (bicyclic) bond motifs is 3. The molecule has 0 saturated carbocycles. The molecule has 0 unspecified atom stereocenters. The number of carbonyl (C=O) groups is 1. The molecule has 0 radical (unpaired) electrons. The number of carbonyl (C=O) groups excluding carboxylic acids is 1. The summed E-state index contributed by atoms with van der Waals surface area (Å²) in [7, 11) is 0. The number of hydrogen-bond donors (Lipinski definition) is 0. The van der Waals surface area contributed by atoms with E-state index in [0.29, 0.717) is 0 Å². The Labute approximate surface area is 114 Å². The van der Waals surface area contributed by atoms with Crippen molar-refractivity contribution in [3.63, 3.8) is 0 Å². The number of rotatable bonds is 1. The van der Waals surface area contributed by atoms with Crippen molar-refractivity contribution in [1.29, 1.82) is 0 Å². The Morgan fingerprint density at radius 2 is 1.67 bits per heavy atom. The molecule has 0 saturated heterocycles. The molecule has 0 fully saturated rings. The van der Waals surface area contributed by atoms with Gasteiger partial charge in [-0.05, 0) is 40.6 Å². The minimum Gasteiger partial charge on any atom is -0.295 e. The SMILES string of the molecule is CC(=O)c1ccc2cc(Br)c3ccccc3c2c1. The molecule has 0 aliphatic carbocycles. The van der Waals surface area contributed by atoms with Gasteiger partial charge in [0, 0.05) is 10.0 Å². The molecule has 2 heteroatoms. The van der Waals surface area contributed by atoms with Crippen LogP contribution in [-0.4, -0.2) is 5.78 Å². The Morgan fingerprint density at radius 3 is 2.39 bits per heavy atom. The smallest absolute Gasteiger partial charge is 0.159 e. The maximum Gasteiger partial charge on any atom is 0.159 e. The average molecular weight is 299 g/mol. The lowest BCUT2D eigenvalue weighted by atomic mass is 9.99. The number of Topliss-reactive ketones (excluding diaryl/α,β-unsaturated/α-hetero) is 1. The average Bonchev–Trinajstić information content (AvgIpc) is 2.38. The lowest BCUT2D eigenvalue weighted by Crippen LogP contribution is -1.91. The van der Waals surface area contributed by atoms with Crippen LogP contribution in [0.4, 0.5) is 0 Å². The Morgan fingerprint density at radius 1 is 0.944 bits per heavy atom. The fourth-order valence-corrected chi connectivity index (χ4v) is 2.87. The van der Waals surface area contributed by atoms with Gasteiger partial charge < -0.3 is 0 Å². The second-order valence-corrected chi connectivity index (χ2v) is 5.25. The van der Waals surface area contributed by atoms with Gasteiger partial charge in [-0.15, -0.1) is 0 Å². The van der Waals surface area contributed by atoms with Crippen molar-refractivity contribution >= 4 is 43.3 Å². The first-order chi connectivity index (χ1) is 8.66. The first-order valence-corrected chi connectivity index (χ1v) is 6.58. The van der Waals surface area contributed by atoms with Gasteiger partial charge in [0.25, 0.3) is 0 Å². The lowest BCUT2D eigenvalue weighted by molar-refractivity contribution is 0.101. The normalized spacial score (nSPS) is 11.0. The Kier molecular flexibility index (Phi) is 2.67. The zero-order valence-corrected chi connectivity index (χ0v) is 11.5. The minimum atomic E-state index is 0.101. The van der Waals surface area contributed by atoms with Crippen LogP contribution < -0.4 is 0 Å². The molecule has 0 spiro atoms. The van der Waals surface area contributed by atoms with Crippen LogP contribution in [0.3, 0.4) is 0 Å². The summed E-state index contributed by atoms with van der Waals surface area (Å²) in [5.41, 5.74) is 0.759. The van der Waals surface area contributed by atoms with Gasteiger partial charge in [0.1, 0.15) is 0 Å². The summed E-state index contributed by atoms with van der Waals surface area (Å²) >= 11 is 3.60. The molecule has 3 aromatic carbocycles. The Balaban J connectivity index is 2.50. The first-order valence-electron chi connectivity index (χ1n) is 5.79. The third-order valence-corrected chi connectivity index (χ3v) is 3.87. The summed E-state index contributed by atoms with van der Waals surface area (Å²) < 4.78 is 1.08. The van der Waals surface area contributed by atoms with E-state index in [1.54, 1.807) is 6.92 Å². The second-order valence-electron chi connectivity index (χ2n) is 4.40. The fraction of sp³-hybridized carbons (Fsp3) is 0.0625. The molecule has 3 aromatic rings. The van der Waals surface area contributed by atoms with Crippen molar-refractivity contribution in [2.24, 2.45) is 0 Å². The number of hydrogen-bond acceptors (Lipinski definition) is 1. The molecule has 0 amide bonds. The highest BCUT2D eigenvalue weighted by atomic mass is 79.9. The topological polar surface area (TPSA) is 17.1 Å². The third-order valence-electron chi connectivity index (χ3n) is 3.22. The van der Waals surface area contributed by atoms with Crippen molar-refractivity contribution in [3.05, 3.63) is 58.6 Å². The highest BCUT2D eigenvalue weighted by Crippen LogP contribution is 2.32. The standard InChI is InChI=1S/C16H11BrO/c1-10(18)11-6-7-12-9-16(17)14-5-3-2-4-13(14)15(12)8-11/h2-9H,1H3. The quantitative estimate of drug-likeness (QED) is 0.458. The van der Waals surface area contributed by atoms with E-state index in [0.717, 1.165) is 20.8 Å². The van der Waals surface area contributed by atoms with Crippen LogP contribution in [0, 0.1) is 0 Å². The van der Waals surface area contributed by atoms with E-state index < -0.39 is 0 Å². The molecular weight excluding hydrogens is 288 g/mol. The maximum atomic E-state index is 11.5. The van der Waals surface area contributed by atoms with Crippen LogP contribution >= 0.6 is 15.9 Å². The van der Waals surface area contributed by atoms with Gasteiger partial charge in [-0.2, -0.15) is 0 Å². The van der Waals surface area contributed by atoms with Crippen molar-refractivity contribution in [1.82, 2.24) is 0 Å². The van der Waals surface area contributed by atoms with E-state index in [-0.39, 0.29) is 5.78 Å². The van der Waals surface area contributed by atoms with Crippen LogP contribution in [0.5, 0.6) is 0 Å². The lowest BCUT2D eigenvalue weighted by Gasteiger charge is -2.07. The summed E-state index contributed by atoms with van der Waals surface area (Å²) in [6.07, 6.45) is 0. The molecule has 1 nitrogen and oxygen atoms in total. The van der Waals surface area contributed by atoms with E-state index >= 15 is 0 Å². The molecule has 0 atom stereocenters. The zero-order valence-electron chi connectivity index (χ0n) is 9.91. The second kappa shape index (κ2) is 4.21. The van der Waals surface area contributed by atoms with Crippen LogP contribution in [0.25, 0.3) is 21.5 Å². The van der Waals surface area contributed by atoms with Gasteiger partial charge in [0.05, 0.1) is 0 Å². The maximum absolute atomic E-state index is 11.5. The number of ketones is 1. The Bertz CT molecular complexity index is 774. The number of benzene rings is 3. The molecule has 0 aromatic heterocycles. The van der Waals surface area contributed by atoms with Crippen molar-refractivity contribution in [2.75, 3.05) is 0 Å². The highest BCUT2D eigenvalue weighted by Gasteiger charge is 2.06. The van der Waals surface area contributed by atoms with E-state index in [1.807, 2.05) is 30.3 Å². The summed E-state index contributed by atoms with van der Waals surface area (Å²) in [6.45, 7) is 1.60. The molecule has 0 aliphatic rings. The van der Waals surface area contributed by atoms with E-state index in [4.69, 9.17) is 0 Å². The molecule has 0 heterocycles. The van der Waals surface area contributed by atoms with Crippen LogP contribution in [0.15, 0.2) is 53.0 Å². The highest BCUT2D eigenvalue weighted by molar-refractivity contribution is 9.10. The predicted octanol–water partition coefficient (Wildman–Crippen LogP) is 4.96. The van der Waals surface area contributed by atoms with E-state index in [2.05, 4.69) is 34.1 Å². The van der Waals surface area contributed by atoms with Crippen LogP contribution in [0.1, 0.15) is 17.3 Å². The fourth-order valence-electron chi connectivity index (χ4n) is 2.27. The van der Waals surface area contributed by atoms with Gasteiger partial charge in [-0.25, -0.2) is 0 Å². The van der Waals surface area contributed by atoms with Crippen molar-refractivity contribution < 1.29 is 4.79 Å². The van der Waals surface area contributed by atoms with Gasteiger partial charge >= 0.3 is 0 Å². The molecule has 88 valence electrons. The number of halogens is 1. The summed E-state index contributed by atoms with van der Waals surface area (Å²) in [5, 5.41) is 4.61. The largest absolute Gasteiger partial charge is 0.295 e. The van der Waals surface area contributed by atoms with Gasteiger partial charge in [0.15, 0.2) is 5.78 Å². The molecule has 0 N–H and O–H groups in total.